The van der Waals surface area contributed by atoms with Gasteiger partial charge in [0.25, 0.3) is 0 Å². The summed E-state index contributed by atoms with van der Waals surface area (Å²) in [6, 6.07) is 0.506. The van der Waals surface area contributed by atoms with Gasteiger partial charge in [0, 0.05) is 52.5 Å². The van der Waals surface area contributed by atoms with E-state index >= 15 is 0 Å². The van der Waals surface area contributed by atoms with Gasteiger partial charge in [-0.25, -0.2) is 0 Å². The molecule has 0 spiro atoms. The van der Waals surface area contributed by atoms with Crippen molar-refractivity contribution in [2.45, 2.75) is 58.9 Å². The van der Waals surface area contributed by atoms with E-state index in [4.69, 9.17) is 14.5 Å². The fraction of sp³-hybridized carbons (Fsp3) is 0.952. The van der Waals surface area contributed by atoms with E-state index in [2.05, 4.69) is 36.3 Å². The predicted octanol–water partition coefficient (Wildman–Crippen LogP) is 3.11. The molecule has 1 aliphatic carbocycles. The van der Waals surface area contributed by atoms with Crippen LogP contribution in [0.25, 0.3) is 0 Å². The molecule has 2 N–H and O–H groups in total. The monoisotopic (exact) mass is 510 g/mol. The Morgan fingerprint density at radius 3 is 2.43 bits per heavy atom. The summed E-state index contributed by atoms with van der Waals surface area (Å²) in [5.41, 5.74) is 0.333. The first-order valence-corrected chi connectivity index (χ1v) is 10.9. The van der Waals surface area contributed by atoms with Crippen LogP contribution < -0.4 is 10.6 Å². The van der Waals surface area contributed by atoms with Gasteiger partial charge in [0.05, 0.1) is 13.2 Å². The van der Waals surface area contributed by atoms with Crippen molar-refractivity contribution in [2.75, 3.05) is 59.7 Å². The molecule has 0 aromatic carbocycles. The van der Waals surface area contributed by atoms with Crippen molar-refractivity contribution in [2.24, 2.45) is 16.3 Å². The summed E-state index contributed by atoms with van der Waals surface area (Å²) in [5, 5.41) is 7.06. The molecule has 2 fully saturated rings. The van der Waals surface area contributed by atoms with E-state index in [1.807, 2.05) is 0 Å². The first-order chi connectivity index (χ1) is 13.1. The molecular weight excluding hydrogens is 467 g/mol. The van der Waals surface area contributed by atoms with Crippen LogP contribution in [0.5, 0.6) is 0 Å². The standard InChI is InChI=1S/C21H42N4O2.HI/c1-5-22-20(24-17-21(10-13-26-4)8-6-7-9-21)23-16-19(18(2)3)25-11-14-27-15-12-25;/h18-19H,5-17H2,1-4H3,(H2,22,23,24);1H. The van der Waals surface area contributed by atoms with E-state index < -0.39 is 0 Å². The van der Waals surface area contributed by atoms with Crippen molar-refractivity contribution in [1.82, 2.24) is 15.5 Å². The summed E-state index contributed by atoms with van der Waals surface area (Å²) in [6.07, 6.45) is 6.34. The Hall–Kier alpha value is -0.120. The van der Waals surface area contributed by atoms with E-state index in [1.165, 1.54) is 25.7 Å². The molecule has 0 amide bonds. The van der Waals surface area contributed by atoms with Crippen LogP contribution in [0.4, 0.5) is 0 Å². The average molecular weight is 511 g/mol. The summed E-state index contributed by atoms with van der Waals surface area (Å²) in [6.45, 7) is 14.1. The van der Waals surface area contributed by atoms with E-state index in [0.29, 0.717) is 17.4 Å². The van der Waals surface area contributed by atoms with Gasteiger partial charge in [0.1, 0.15) is 0 Å². The molecule has 1 heterocycles. The maximum absolute atomic E-state index is 5.52. The van der Waals surface area contributed by atoms with Gasteiger partial charge < -0.3 is 20.1 Å². The highest BCUT2D eigenvalue weighted by atomic mass is 127. The lowest BCUT2D eigenvalue weighted by Gasteiger charge is -2.37. The highest BCUT2D eigenvalue weighted by Crippen LogP contribution is 2.41. The lowest BCUT2D eigenvalue weighted by atomic mass is 9.83. The molecular formula is C21H43IN4O2. The second kappa shape index (κ2) is 14.0. The third kappa shape index (κ3) is 8.32. The number of guanidine groups is 1. The molecule has 166 valence electrons. The maximum Gasteiger partial charge on any atom is 0.191 e. The zero-order chi connectivity index (χ0) is 19.5. The largest absolute Gasteiger partial charge is 0.385 e. The van der Waals surface area contributed by atoms with E-state index in [9.17, 15) is 0 Å². The number of hydrogen-bond acceptors (Lipinski definition) is 4. The Kier molecular flexibility index (Phi) is 12.9. The molecule has 1 unspecified atom stereocenters. The summed E-state index contributed by atoms with van der Waals surface area (Å²) < 4.78 is 10.9. The molecule has 0 aromatic heterocycles. The molecule has 0 radical (unpaired) electrons. The topological polar surface area (TPSA) is 58.1 Å². The minimum absolute atomic E-state index is 0. The van der Waals surface area contributed by atoms with Crippen LogP contribution in [0.1, 0.15) is 52.9 Å². The van der Waals surface area contributed by atoms with Crippen LogP contribution in [0.15, 0.2) is 4.99 Å². The lowest BCUT2D eigenvalue weighted by Crippen LogP contribution is -2.52. The SMILES string of the molecule is CCNC(=NCC1(CCOC)CCCC1)NCC(C(C)C)N1CCOCC1.I. The highest BCUT2D eigenvalue weighted by molar-refractivity contribution is 14.0. The third-order valence-corrected chi connectivity index (χ3v) is 6.18. The number of hydrogen-bond donors (Lipinski definition) is 2. The summed E-state index contributed by atoms with van der Waals surface area (Å²) in [4.78, 5) is 7.55. The number of nitrogens with zero attached hydrogens (tertiary/aromatic N) is 2. The molecule has 0 bridgehead atoms. The fourth-order valence-electron chi connectivity index (χ4n) is 4.42. The molecule has 6 nitrogen and oxygen atoms in total. The van der Waals surface area contributed by atoms with Gasteiger partial charge in [-0.05, 0) is 37.5 Å². The third-order valence-electron chi connectivity index (χ3n) is 6.18. The van der Waals surface area contributed by atoms with E-state index in [1.54, 1.807) is 7.11 Å². The number of halogens is 1. The van der Waals surface area contributed by atoms with Crippen molar-refractivity contribution in [3.8, 4) is 0 Å². The Bertz CT molecular complexity index is 436. The molecule has 7 heteroatoms. The van der Waals surface area contributed by atoms with Gasteiger partial charge in [0.2, 0.25) is 0 Å². The van der Waals surface area contributed by atoms with Crippen molar-refractivity contribution >= 4 is 29.9 Å². The van der Waals surface area contributed by atoms with Gasteiger partial charge in [0.15, 0.2) is 5.96 Å². The number of methoxy groups -OCH3 is 1. The molecule has 1 saturated heterocycles. The number of ether oxygens (including phenoxy) is 2. The normalized spacial score (nSPS) is 21.4. The molecule has 2 aliphatic rings. The van der Waals surface area contributed by atoms with Gasteiger partial charge >= 0.3 is 0 Å². The zero-order valence-corrected chi connectivity index (χ0v) is 20.8. The van der Waals surface area contributed by atoms with Gasteiger partial charge in [-0.2, -0.15) is 0 Å². The number of morpholine rings is 1. The Balaban J connectivity index is 0.00000392. The number of rotatable bonds is 10. The van der Waals surface area contributed by atoms with Crippen molar-refractivity contribution in [1.29, 1.82) is 0 Å². The van der Waals surface area contributed by atoms with Gasteiger partial charge in [-0.15, -0.1) is 24.0 Å². The van der Waals surface area contributed by atoms with E-state index in [-0.39, 0.29) is 24.0 Å². The van der Waals surface area contributed by atoms with Crippen LogP contribution in [0.3, 0.4) is 0 Å². The Labute approximate surface area is 189 Å². The van der Waals surface area contributed by atoms with Crippen LogP contribution in [-0.4, -0.2) is 76.6 Å². The summed E-state index contributed by atoms with van der Waals surface area (Å²) in [7, 11) is 1.80. The van der Waals surface area contributed by atoms with Crippen LogP contribution >= 0.6 is 24.0 Å². The summed E-state index contributed by atoms with van der Waals surface area (Å²) in [5.74, 6) is 1.56. The van der Waals surface area contributed by atoms with Crippen molar-refractivity contribution in [3.05, 3.63) is 0 Å². The first-order valence-electron chi connectivity index (χ1n) is 10.9. The molecule has 1 atom stereocenters. The Morgan fingerprint density at radius 1 is 1.18 bits per heavy atom. The fourth-order valence-corrected chi connectivity index (χ4v) is 4.42. The van der Waals surface area contributed by atoms with E-state index in [0.717, 1.165) is 64.9 Å². The maximum atomic E-state index is 5.52. The molecule has 0 aromatic rings. The van der Waals surface area contributed by atoms with Crippen molar-refractivity contribution < 1.29 is 9.47 Å². The predicted molar refractivity (Wildman–Crippen MR) is 128 cm³/mol. The smallest absolute Gasteiger partial charge is 0.191 e. The van der Waals surface area contributed by atoms with Crippen LogP contribution in [0.2, 0.25) is 0 Å². The quantitative estimate of drug-likeness (QED) is 0.269. The van der Waals surface area contributed by atoms with Gasteiger partial charge in [-0.1, -0.05) is 26.7 Å². The Morgan fingerprint density at radius 2 is 1.86 bits per heavy atom. The summed E-state index contributed by atoms with van der Waals surface area (Å²) >= 11 is 0. The molecule has 28 heavy (non-hydrogen) atoms. The number of nitrogens with one attached hydrogen (secondary N) is 2. The minimum atomic E-state index is 0. The average Bonchev–Trinajstić information content (AvgIpc) is 3.14. The van der Waals surface area contributed by atoms with Crippen LogP contribution in [-0.2, 0) is 9.47 Å². The molecule has 2 rings (SSSR count). The highest BCUT2D eigenvalue weighted by Gasteiger charge is 2.33. The minimum Gasteiger partial charge on any atom is -0.385 e. The van der Waals surface area contributed by atoms with Crippen LogP contribution in [0, 0.1) is 11.3 Å². The molecule has 1 aliphatic heterocycles. The lowest BCUT2D eigenvalue weighted by molar-refractivity contribution is 0.00751. The second-order valence-electron chi connectivity index (χ2n) is 8.49. The first kappa shape index (κ1) is 25.9. The van der Waals surface area contributed by atoms with Gasteiger partial charge in [-0.3, -0.25) is 9.89 Å². The second-order valence-corrected chi connectivity index (χ2v) is 8.49. The number of aliphatic imine (C=N–C) groups is 1. The zero-order valence-electron chi connectivity index (χ0n) is 18.5. The van der Waals surface area contributed by atoms with Crippen molar-refractivity contribution in [3.63, 3.8) is 0 Å². The molecule has 1 saturated carbocycles.